The van der Waals surface area contributed by atoms with E-state index in [1.807, 2.05) is 24.5 Å². The van der Waals surface area contributed by atoms with Crippen molar-refractivity contribution in [1.29, 1.82) is 0 Å². The third-order valence-electron chi connectivity index (χ3n) is 10.5. The van der Waals surface area contributed by atoms with Crippen molar-refractivity contribution in [2.45, 2.75) is 82.0 Å². The van der Waals surface area contributed by atoms with E-state index in [4.69, 9.17) is 16.2 Å². The van der Waals surface area contributed by atoms with Gasteiger partial charge in [0, 0.05) is 12.0 Å². The van der Waals surface area contributed by atoms with Crippen LogP contribution in [0.3, 0.4) is 0 Å². The Morgan fingerprint density at radius 2 is 1.64 bits per heavy atom. The highest BCUT2D eigenvalue weighted by Gasteiger charge is 2.62. The number of hydrogen-bond donors (Lipinski definition) is 6. The molecule has 6 rings (SSSR count). The van der Waals surface area contributed by atoms with Gasteiger partial charge in [-0.3, -0.25) is 19.2 Å². The molecule has 0 radical (unpaired) electrons. The van der Waals surface area contributed by atoms with Gasteiger partial charge in [-0.2, -0.15) is 11.8 Å². The van der Waals surface area contributed by atoms with Gasteiger partial charge in [-0.15, -0.1) is 0 Å². The van der Waals surface area contributed by atoms with E-state index < -0.39 is 60.2 Å². The van der Waals surface area contributed by atoms with Gasteiger partial charge in [0.25, 0.3) is 0 Å². The van der Waals surface area contributed by atoms with Crippen LogP contribution in [0.5, 0.6) is 5.75 Å². The largest absolute Gasteiger partial charge is 0.508 e. The van der Waals surface area contributed by atoms with E-state index in [1.54, 1.807) is 24.3 Å². The number of phenolic OH excluding ortho intramolecular Hbond substituents is 1. The van der Waals surface area contributed by atoms with E-state index in [2.05, 4.69) is 22.9 Å². The first-order chi connectivity index (χ1) is 23.8. The SMILES string of the molecule is CSCC[C@@H](NC(=O)[C@@H](N)Cc1ccc(O)cc1)C(=O)NCC(=O)N[C@@H](Cc1ccccc1)C(=O)OC(=O)C1C2CC3CC(N)(C2)CC1(C)C3. The topological polar surface area (TPSA) is 203 Å². The van der Waals surface area contributed by atoms with E-state index in [1.165, 1.54) is 23.9 Å². The summed E-state index contributed by atoms with van der Waals surface area (Å²) in [6, 6.07) is 12.3. The van der Waals surface area contributed by atoms with E-state index in [-0.39, 0.29) is 35.5 Å². The number of esters is 2. The van der Waals surface area contributed by atoms with Gasteiger partial charge in [-0.05, 0) is 97.5 Å². The third-order valence-corrected chi connectivity index (χ3v) is 11.1. The normalized spacial score (nSPS) is 26.7. The monoisotopic (exact) mass is 707 g/mol. The number of carbonyl (C=O) groups is 5. The Morgan fingerprint density at radius 3 is 2.30 bits per heavy atom. The number of nitrogens with one attached hydrogen (secondary N) is 3. The molecule has 5 unspecified atom stereocenters. The summed E-state index contributed by atoms with van der Waals surface area (Å²) >= 11 is 1.49. The molecule has 12 nitrogen and oxygen atoms in total. The lowest BCUT2D eigenvalue weighted by Gasteiger charge is -2.62. The molecule has 2 aromatic carbocycles. The third kappa shape index (κ3) is 9.23. The number of carbonyl (C=O) groups excluding carboxylic acids is 5. The number of aromatic hydroxyl groups is 1. The number of phenols is 1. The van der Waals surface area contributed by atoms with Crippen LogP contribution in [-0.4, -0.2) is 77.0 Å². The number of benzene rings is 2. The van der Waals surface area contributed by atoms with Gasteiger partial charge in [0.1, 0.15) is 17.8 Å². The predicted molar refractivity (Wildman–Crippen MR) is 189 cm³/mol. The van der Waals surface area contributed by atoms with Crippen molar-refractivity contribution in [2.24, 2.45) is 34.6 Å². The summed E-state index contributed by atoms with van der Waals surface area (Å²) in [6.45, 7) is 1.60. The predicted octanol–water partition coefficient (Wildman–Crippen LogP) is 1.96. The number of amides is 3. The molecule has 8 atom stereocenters. The van der Waals surface area contributed by atoms with Crippen LogP contribution in [0.15, 0.2) is 54.6 Å². The summed E-state index contributed by atoms with van der Waals surface area (Å²) in [4.78, 5) is 66.4. The molecule has 8 N–H and O–H groups in total. The first kappa shape index (κ1) is 37.3. The van der Waals surface area contributed by atoms with E-state index >= 15 is 0 Å². The van der Waals surface area contributed by atoms with Gasteiger partial charge >= 0.3 is 11.9 Å². The smallest absolute Gasteiger partial charge is 0.336 e. The molecule has 270 valence electrons. The average Bonchev–Trinajstić information content (AvgIpc) is 3.05. The average molecular weight is 708 g/mol. The Hall–Kier alpha value is -3.94. The van der Waals surface area contributed by atoms with Crippen LogP contribution in [0.25, 0.3) is 0 Å². The Labute approximate surface area is 297 Å². The minimum absolute atomic E-state index is 0.0610. The van der Waals surface area contributed by atoms with Gasteiger partial charge in [-0.25, -0.2) is 4.79 Å². The van der Waals surface area contributed by atoms with Crippen molar-refractivity contribution in [3.05, 3.63) is 65.7 Å². The molecule has 4 saturated carbocycles. The van der Waals surface area contributed by atoms with Crippen molar-refractivity contribution in [2.75, 3.05) is 18.6 Å². The standard InChI is InChI=1S/C37H49N5O7S/c1-36-17-24-14-25(19-37(39,18-24)21-36)31(36)35(48)49-34(47)29(16-22-6-4-3-5-7-22)41-30(44)20-40-33(46)28(12-13-50-2)42-32(45)27(38)15-23-8-10-26(43)11-9-23/h3-11,24-25,27-29,31,43H,12-21,38-39H2,1-2H3,(H,40,46)(H,41,44)(H,42,45)/t24?,25?,27-,28+,29-,31?,36?,37?/m0/s1. The maximum absolute atomic E-state index is 13.6. The summed E-state index contributed by atoms with van der Waals surface area (Å²) in [6.07, 6.45) is 6.64. The second-order valence-corrected chi connectivity index (χ2v) is 15.7. The molecule has 4 bridgehead atoms. The van der Waals surface area contributed by atoms with Crippen LogP contribution in [-0.2, 0) is 41.6 Å². The van der Waals surface area contributed by atoms with Gasteiger partial charge in [0.05, 0.1) is 18.5 Å². The summed E-state index contributed by atoms with van der Waals surface area (Å²) < 4.78 is 5.54. The number of ether oxygens (including phenoxy) is 1. The maximum atomic E-state index is 13.6. The molecule has 4 aliphatic carbocycles. The van der Waals surface area contributed by atoms with Crippen molar-refractivity contribution in [1.82, 2.24) is 16.0 Å². The molecule has 13 heteroatoms. The zero-order valence-electron chi connectivity index (χ0n) is 28.7. The van der Waals surface area contributed by atoms with E-state index in [9.17, 15) is 29.1 Å². The minimum atomic E-state index is -1.18. The summed E-state index contributed by atoms with van der Waals surface area (Å²) in [5.41, 5.74) is 13.7. The quantitative estimate of drug-likeness (QED) is 0.117. The second kappa shape index (κ2) is 15.9. The Balaban J connectivity index is 1.19. The minimum Gasteiger partial charge on any atom is -0.508 e. The molecule has 2 aromatic rings. The molecular weight excluding hydrogens is 659 g/mol. The molecule has 0 saturated heterocycles. The molecule has 4 fully saturated rings. The molecule has 50 heavy (non-hydrogen) atoms. The fraction of sp³-hybridized carbons (Fsp3) is 0.541. The van der Waals surface area contributed by atoms with Crippen molar-refractivity contribution in [3.8, 4) is 5.75 Å². The molecule has 3 amide bonds. The maximum Gasteiger partial charge on any atom is 0.336 e. The molecule has 0 heterocycles. The Morgan fingerprint density at radius 1 is 0.940 bits per heavy atom. The van der Waals surface area contributed by atoms with Crippen LogP contribution in [0, 0.1) is 23.2 Å². The van der Waals surface area contributed by atoms with Gasteiger partial charge < -0.3 is 37.3 Å². The fourth-order valence-corrected chi connectivity index (χ4v) is 9.19. The number of rotatable bonds is 15. The lowest BCUT2D eigenvalue weighted by Crippen LogP contribution is -2.64. The molecule has 0 spiro atoms. The second-order valence-electron chi connectivity index (χ2n) is 14.7. The summed E-state index contributed by atoms with van der Waals surface area (Å²) in [5.74, 6) is -2.43. The zero-order chi connectivity index (χ0) is 36.1. The first-order valence-corrected chi connectivity index (χ1v) is 18.6. The van der Waals surface area contributed by atoms with Crippen LogP contribution < -0.4 is 27.4 Å². The van der Waals surface area contributed by atoms with E-state index in [0.717, 1.165) is 36.8 Å². The molecular formula is C37H49N5O7S. The highest BCUT2D eigenvalue weighted by atomic mass is 32.2. The van der Waals surface area contributed by atoms with Gasteiger partial charge in [0.15, 0.2) is 0 Å². The van der Waals surface area contributed by atoms with Crippen molar-refractivity contribution < 1.29 is 33.8 Å². The van der Waals surface area contributed by atoms with Crippen molar-refractivity contribution >= 4 is 41.4 Å². The lowest BCUT2D eigenvalue weighted by atomic mass is 9.43. The van der Waals surface area contributed by atoms with Crippen LogP contribution in [0.2, 0.25) is 0 Å². The highest BCUT2D eigenvalue weighted by molar-refractivity contribution is 7.98. The van der Waals surface area contributed by atoms with Crippen LogP contribution in [0.4, 0.5) is 0 Å². The number of nitrogens with two attached hydrogens (primary N) is 2. The number of thioether (sulfide) groups is 1. The highest BCUT2D eigenvalue weighted by Crippen LogP contribution is 2.63. The molecule has 0 aromatic heterocycles. The fourth-order valence-electron chi connectivity index (χ4n) is 8.72. The summed E-state index contributed by atoms with van der Waals surface area (Å²) in [7, 11) is 0. The van der Waals surface area contributed by atoms with Crippen LogP contribution in [0.1, 0.15) is 56.6 Å². The molecule has 4 aliphatic rings. The first-order valence-electron chi connectivity index (χ1n) is 17.3. The van der Waals surface area contributed by atoms with Gasteiger partial charge in [-0.1, -0.05) is 49.4 Å². The Kier molecular flexibility index (Phi) is 11.9. The molecule has 0 aliphatic heterocycles. The van der Waals surface area contributed by atoms with Crippen molar-refractivity contribution in [3.63, 3.8) is 0 Å². The Bertz CT molecular complexity index is 1560. The van der Waals surface area contributed by atoms with E-state index in [0.29, 0.717) is 24.5 Å². The summed E-state index contributed by atoms with van der Waals surface area (Å²) in [5, 5.41) is 17.4. The lowest BCUT2D eigenvalue weighted by molar-refractivity contribution is -0.182. The van der Waals surface area contributed by atoms with Gasteiger partial charge in [0.2, 0.25) is 17.7 Å². The number of hydrogen-bond acceptors (Lipinski definition) is 10. The van der Waals surface area contributed by atoms with Crippen LogP contribution >= 0.6 is 11.8 Å². The zero-order valence-corrected chi connectivity index (χ0v) is 29.5.